The number of benzene rings is 1. The molecule has 2 aliphatic carbocycles. The van der Waals surface area contributed by atoms with E-state index < -0.39 is 84.9 Å². The monoisotopic (exact) mass is 711 g/mol. The lowest BCUT2D eigenvalue weighted by Crippen LogP contribution is -2.55. The summed E-state index contributed by atoms with van der Waals surface area (Å²) < 4.78 is 42.8. The molecule has 272 valence electrons. The third-order valence-corrected chi connectivity index (χ3v) is 11.9. The molecule has 0 spiro atoms. The average molecular weight is 712 g/mol. The number of hydrogen-bond acceptors (Lipinski definition) is 10. The van der Waals surface area contributed by atoms with Crippen molar-refractivity contribution in [3.8, 4) is 11.6 Å². The van der Waals surface area contributed by atoms with E-state index in [-0.39, 0.29) is 25.8 Å². The molecule has 13 heteroatoms. The number of hydrogen-bond donors (Lipinski definition) is 1. The summed E-state index contributed by atoms with van der Waals surface area (Å²) in [6.45, 7) is 14.6. The van der Waals surface area contributed by atoms with E-state index in [4.69, 9.17) is 14.2 Å². The zero-order chi connectivity index (χ0) is 36.8. The third-order valence-electron chi connectivity index (χ3n) is 9.70. The van der Waals surface area contributed by atoms with Gasteiger partial charge in [0.25, 0.3) is 0 Å². The zero-order valence-corrected chi connectivity index (χ0v) is 30.8. The number of Topliss-reactive ketones (excluding diaryl/α,β-unsaturated/α-hetero) is 1. The molecule has 5 rings (SSSR count). The number of nitrogens with zero attached hydrogens (tertiary/aromatic N) is 2. The van der Waals surface area contributed by atoms with Crippen LogP contribution < -0.4 is 14.8 Å². The van der Waals surface area contributed by atoms with Crippen LogP contribution in [0.5, 0.6) is 11.6 Å². The first-order valence-corrected chi connectivity index (χ1v) is 18.8. The van der Waals surface area contributed by atoms with Crippen LogP contribution in [-0.4, -0.2) is 89.8 Å². The lowest BCUT2D eigenvalue weighted by molar-refractivity contribution is -0.161. The van der Waals surface area contributed by atoms with Gasteiger partial charge in [-0.15, -0.1) is 6.58 Å². The summed E-state index contributed by atoms with van der Waals surface area (Å²) in [6, 6.07) is 6.19. The first-order valence-electron chi connectivity index (χ1n) is 17.1. The number of sulfone groups is 1. The number of carbonyl (C=O) groups excluding carboxylic acids is 4. The Morgan fingerprint density at radius 1 is 1.12 bits per heavy atom. The van der Waals surface area contributed by atoms with Crippen molar-refractivity contribution in [3.05, 3.63) is 43.1 Å². The van der Waals surface area contributed by atoms with Gasteiger partial charge in [0.2, 0.25) is 17.7 Å². The van der Waals surface area contributed by atoms with Crippen molar-refractivity contribution in [1.29, 1.82) is 0 Å². The molecule has 50 heavy (non-hydrogen) atoms. The first kappa shape index (κ1) is 37.3. The molecule has 1 aromatic heterocycles. The maximum Gasteiger partial charge on any atom is 0.307 e. The number of ether oxygens (including phenoxy) is 3. The molecule has 1 aromatic carbocycles. The predicted molar refractivity (Wildman–Crippen MR) is 187 cm³/mol. The molecule has 1 saturated heterocycles. The number of carbonyl (C=O) groups is 4. The Kier molecular flexibility index (Phi) is 10.1. The fourth-order valence-corrected chi connectivity index (χ4v) is 8.38. The van der Waals surface area contributed by atoms with E-state index >= 15 is 0 Å². The summed E-state index contributed by atoms with van der Waals surface area (Å²) in [6.07, 6.45) is 3.60. The highest BCUT2D eigenvalue weighted by Crippen LogP contribution is 2.46. The van der Waals surface area contributed by atoms with E-state index in [1.54, 1.807) is 46.2 Å². The fraction of sp³-hybridized carbons (Fsp3) is 0.595. The summed E-state index contributed by atoms with van der Waals surface area (Å²) in [5, 5.41) is 3.87. The minimum absolute atomic E-state index is 0.00787. The van der Waals surface area contributed by atoms with Crippen molar-refractivity contribution in [1.82, 2.24) is 15.2 Å². The van der Waals surface area contributed by atoms with Crippen LogP contribution in [0.2, 0.25) is 0 Å². The Labute approximate surface area is 294 Å². The molecule has 2 heterocycles. The Morgan fingerprint density at radius 2 is 1.82 bits per heavy atom. The van der Waals surface area contributed by atoms with Gasteiger partial charge in [-0.05, 0) is 75.1 Å². The molecule has 3 aliphatic rings. The van der Waals surface area contributed by atoms with Gasteiger partial charge in [0, 0.05) is 23.9 Å². The minimum atomic E-state index is -3.64. The number of amides is 2. The highest BCUT2D eigenvalue weighted by Gasteiger charge is 2.61. The van der Waals surface area contributed by atoms with Gasteiger partial charge < -0.3 is 24.4 Å². The number of fused-ring (bicyclic) bond motifs is 1. The van der Waals surface area contributed by atoms with Crippen molar-refractivity contribution in [3.63, 3.8) is 0 Å². The number of rotatable bonds is 13. The van der Waals surface area contributed by atoms with Crippen LogP contribution in [0.15, 0.2) is 43.1 Å². The number of nitrogens with one attached hydrogen (secondary N) is 1. The van der Waals surface area contributed by atoms with Crippen LogP contribution in [0.1, 0.15) is 73.6 Å². The molecular formula is C37H49N3O9S. The van der Waals surface area contributed by atoms with Crippen LogP contribution >= 0.6 is 0 Å². The van der Waals surface area contributed by atoms with Gasteiger partial charge in [-0.25, -0.2) is 13.4 Å². The van der Waals surface area contributed by atoms with E-state index in [1.165, 1.54) is 4.90 Å². The summed E-state index contributed by atoms with van der Waals surface area (Å²) >= 11 is 0. The number of ketones is 1. The number of likely N-dealkylation sites (tertiary alicyclic amines) is 1. The third kappa shape index (κ3) is 8.14. The number of methoxy groups -OCH3 is 1. The van der Waals surface area contributed by atoms with Crippen LogP contribution in [-0.2, 0) is 33.8 Å². The molecule has 12 nitrogen and oxygen atoms in total. The molecule has 2 amide bonds. The largest absolute Gasteiger partial charge is 0.497 e. The van der Waals surface area contributed by atoms with Gasteiger partial charge >= 0.3 is 5.97 Å². The standard InChI is InChI=1S/C37H49N3O9S/c1-9-23-19-37(23,30(41)21-50(45,46)26-11-12-26)39-32(43)29-17-25(48-33-27-13-10-24(47-8)16-22(27)14-15-38-33)20-40(29)34(44)28(35(2,3)4)18-31(42)49-36(5,6)7/h9-10,13-16,23,25-26,28-29H,1,11-12,17-21H2,2-8H3,(H,39,43)/t23-,25-,28-,29+,37-/m1/s1. The Hall–Kier alpha value is -4.00. The number of esters is 1. The Balaban J connectivity index is 1.44. The highest BCUT2D eigenvalue weighted by atomic mass is 32.2. The summed E-state index contributed by atoms with van der Waals surface area (Å²) in [5.74, 6) is -3.15. The van der Waals surface area contributed by atoms with E-state index in [0.29, 0.717) is 29.9 Å². The van der Waals surface area contributed by atoms with Gasteiger partial charge in [-0.2, -0.15) is 0 Å². The van der Waals surface area contributed by atoms with Gasteiger partial charge in [0.05, 0.1) is 31.2 Å². The van der Waals surface area contributed by atoms with Gasteiger partial charge in [-0.3, -0.25) is 19.2 Å². The van der Waals surface area contributed by atoms with Crippen LogP contribution in [0, 0.1) is 17.3 Å². The lowest BCUT2D eigenvalue weighted by Gasteiger charge is -2.35. The molecule has 1 aliphatic heterocycles. The molecule has 0 unspecified atom stereocenters. The van der Waals surface area contributed by atoms with E-state index in [9.17, 15) is 27.6 Å². The van der Waals surface area contributed by atoms with Gasteiger partial charge in [0.1, 0.15) is 34.8 Å². The van der Waals surface area contributed by atoms with Crippen molar-refractivity contribution >= 4 is 44.2 Å². The zero-order valence-electron chi connectivity index (χ0n) is 30.0. The quantitative estimate of drug-likeness (QED) is 0.236. The summed E-state index contributed by atoms with van der Waals surface area (Å²) in [7, 11) is -2.06. The fourth-order valence-electron chi connectivity index (χ4n) is 6.66. The molecule has 1 N–H and O–H groups in total. The smallest absolute Gasteiger partial charge is 0.307 e. The Bertz CT molecular complexity index is 1790. The molecule has 0 bridgehead atoms. The second kappa shape index (κ2) is 13.6. The van der Waals surface area contributed by atoms with Gasteiger partial charge in [-0.1, -0.05) is 26.8 Å². The normalized spacial score (nSPS) is 24.3. The highest BCUT2D eigenvalue weighted by molar-refractivity contribution is 7.93. The second-order valence-corrected chi connectivity index (χ2v) is 18.1. The predicted octanol–water partition coefficient (Wildman–Crippen LogP) is 4.19. The van der Waals surface area contributed by atoms with Crippen molar-refractivity contribution < 1.29 is 41.8 Å². The average Bonchev–Trinajstić information content (AvgIpc) is 3.95. The summed E-state index contributed by atoms with van der Waals surface area (Å²) in [5.41, 5.74) is -2.87. The number of aromatic nitrogens is 1. The maximum atomic E-state index is 14.5. The van der Waals surface area contributed by atoms with Crippen molar-refractivity contribution in [2.45, 2.75) is 102 Å². The van der Waals surface area contributed by atoms with Crippen LogP contribution in [0.3, 0.4) is 0 Å². The first-order chi connectivity index (χ1) is 23.3. The number of pyridine rings is 1. The summed E-state index contributed by atoms with van der Waals surface area (Å²) in [4.78, 5) is 61.1. The van der Waals surface area contributed by atoms with Crippen molar-refractivity contribution in [2.24, 2.45) is 17.3 Å². The molecule has 5 atom stereocenters. The minimum Gasteiger partial charge on any atom is -0.497 e. The molecule has 2 saturated carbocycles. The van der Waals surface area contributed by atoms with Crippen molar-refractivity contribution in [2.75, 3.05) is 19.4 Å². The van der Waals surface area contributed by atoms with E-state index in [0.717, 1.165) is 5.39 Å². The topological polar surface area (TPSA) is 158 Å². The maximum absolute atomic E-state index is 14.5. The molecule has 2 aromatic rings. The molecule has 0 radical (unpaired) electrons. The molecule has 3 fully saturated rings. The van der Waals surface area contributed by atoms with E-state index in [1.807, 2.05) is 39.0 Å². The second-order valence-electron chi connectivity index (χ2n) is 15.8. The van der Waals surface area contributed by atoms with Crippen LogP contribution in [0.25, 0.3) is 10.8 Å². The van der Waals surface area contributed by atoms with Gasteiger partial charge in [0.15, 0.2) is 15.6 Å². The SMILES string of the molecule is C=C[C@@H]1C[C@]1(NC(=O)[C@@H]1C[C@@H](Oc2nccc3cc(OC)ccc23)CN1C(=O)[C@@H](CC(=O)OC(C)(C)C)C(C)(C)C)C(=O)CS(=O)(=O)C1CC1. The Morgan fingerprint density at radius 3 is 2.40 bits per heavy atom. The van der Waals surface area contributed by atoms with Crippen LogP contribution in [0.4, 0.5) is 0 Å². The van der Waals surface area contributed by atoms with E-state index in [2.05, 4.69) is 16.9 Å². The lowest BCUT2D eigenvalue weighted by atomic mass is 9.77. The molecular weight excluding hydrogens is 662 g/mol.